The number of nitrogens with zero attached hydrogens (tertiary/aromatic N) is 3. The van der Waals surface area contributed by atoms with E-state index in [1.165, 1.54) is 7.11 Å². The van der Waals surface area contributed by atoms with E-state index in [1.54, 1.807) is 38.4 Å². The van der Waals surface area contributed by atoms with Crippen molar-refractivity contribution < 1.29 is 19.4 Å². The topological polar surface area (TPSA) is 118 Å². The number of ether oxygens (including phenoxy) is 1. The average Bonchev–Trinajstić information content (AvgIpc) is 3.09. The molecular weight excluding hydrogens is 434 g/mol. The number of hydrogen-bond donors (Lipinski definition) is 3. The molecule has 0 saturated heterocycles. The SMILES string of the molecule is COCC(=O)Nc1cc(C(=O)NC(C)CCCC(C)(C)O)c2c(c1)nc(-c1ccncc1)n2C. The molecule has 0 bridgehead atoms. The van der Waals surface area contributed by atoms with Crippen LogP contribution in [0.25, 0.3) is 22.4 Å². The summed E-state index contributed by atoms with van der Waals surface area (Å²) in [6.07, 6.45) is 5.54. The molecule has 1 atom stereocenters. The molecule has 3 rings (SSSR count). The third kappa shape index (κ3) is 6.39. The van der Waals surface area contributed by atoms with Crippen LogP contribution >= 0.6 is 0 Å². The first kappa shape index (κ1) is 25.3. The second kappa shape index (κ2) is 10.8. The number of hydrogen-bond acceptors (Lipinski definition) is 6. The molecule has 9 nitrogen and oxygen atoms in total. The van der Waals surface area contributed by atoms with Crippen LogP contribution in [0.3, 0.4) is 0 Å². The summed E-state index contributed by atoms with van der Waals surface area (Å²) >= 11 is 0. The van der Waals surface area contributed by atoms with E-state index >= 15 is 0 Å². The van der Waals surface area contributed by atoms with Crippen LogP contribution in [0.1, 0.15) is 50.4 Å². The minimum atomic E-state index is -0.733. The molecule has 2 aromatic heterocycles. The van der Waals surface area contributed by atoms with E-state index in [9.17, 15) is 14.7 Å². The third-order valence-electron chi connectivity index (χ3n) is 5.51. The van der Waals surface area contributed by atoms with Crippen molar-refractivity contribution >= 4 is 28.5 Å². The standard InChI is InChI=1S/C25H33N5O4/c1-16(7-6-10-25(2,3)33)27-24(32)19-13-18(28-21(31)15-34-5)14-20-22(19)30(4)23(29-20)17-8-11-26-12-9-17/h8-9,11-14,16,33H,6-7,10,15H2,1-5H3,(H,27,32)(H,28,31). The average molecular weight is 468 g/mol. The monoisotopic (exact) mass is 467 g/mol. The van der Waals surface area contributed by atoms with Crippen molar-refractivity contribution in [2.75, 3.05) is 19.0 Å². The predicted octanol–water partition coefficient (Wildman–Crippen LogP) is 3.28. The van der Waals surface area contributed by atoms with Gasteiger partial charge in [-0.05, 0) is 64.3 Å². The Morgan fingerprint density at radius 1 is 1.24 bits per heavy atom. The number of anilines is 1. The molecule has 0 fully saturated rings. The quantitative estimate of drug-likeness (QED) is 0.421. The van der Waals surface area contributed by atoms with Gasteiger partial charge in [0.2, 0.25) is 5.91 Å². The van der Waals surface area contributed by atoms with Crippen molar-refractivity contribution in [3.63, 3.8) is 0 Å². The zero-order valence-corrected chi connectivity index (χ0v) is 20.4. The molecule has 3 aromatic rings. The van der Waals surface area contributed by atoms with E-state index in [1.807, 2.05) is 30.7 Å². The maximum absolute atomic E-state index is 13.3. The zero-order chi connectivity index (χ0) is 24.9. The summed E-state index contributed by atoms with van der Waals surface area (Å²) in [7, 11) is 3.30. The van der Waals surface area contributed by atoms with Gasteiger partial charge in [0.15, 0.2) is 0 Å². The third-order valence-corrected chi connectivity index (χ3v) is 5.51. The van der Waals surface area contributed by atoms with Gasteiger partial charge in [-0.25, -0.2) is 4.98 Å². The molecule has 0 radical (unpaired) electrons. The fourth-order valence-electron chi connectivity index (χ4n) is 3.90. The van der Waals surface area contributed by atoms with Crippen molar-refractivity contribution in [2.24, 2.45) is 7.05 Å². The van der Waals surface area contributed by atoms with E-state index in [0.717, 1.165) is 18.4 Å². The molecule has 0 aliphatic carbocycles. The van der Waals surface area contributed by atoms with E-state index in [0.29, 0.717) is 34.5 Å². The number of aryl methyl sites for hydroxylation is 1. The summed E-state index contributed by atoms with van der Waals surface area (Å²) < 4.78 is 6.78. The Kier molecular flexibility index (Phi) is 8.01. The molecule has 1 aromatic carbocycles. The van der Waals surface area contributed by atoms with Crippen molar-refractivity contribution in [3.8, 4) is 11.4 Å². The Labute approximate surface area is 199 Å². The highest BCUT2D eigenvalue weighted by Gasteiger charge is 2.21. The van der Waals surface area contributed by atoms with E-state index in [4.69, 9.17) is 9.72 Å². The summed E-state index contributed by atoms with van der Waals surface area (Å²) in [5.41, 5.74) is 2.26. The van der Waals surface area contributed by atoms with Crippen molar-refractivity contribution in [1.82, 2.24) is 19.9 Å². The number of pyridine rings is 1. The number of aromatic nitrogens is 3. The number of benzene rings is 1. The minimum absolute atomic E-state index is 0.0930. The van der Waals surface area contributed by atoms with Crippen LogP contribution in [0.4, 0.5) is 5.69 Å². The molecule has 2 heterocycles. The normalized spacial score (nSPS) is 12.5. The molecular formula is C25H33N5O4. The largest absolute Gasteiger partial charge is 0.390 e. The zero-order valence-electron chi connectivity index (χ0n) is 20.4. The molecule has 182 valence electrons. The number of methoxy groups -OCH3 is 1. The molecule has 34 heavy (non-hydrogen) atoms. The molecule has 0 aliphatic heterocycles. The van der Waals surface area contributed by atoms with E-state index < -0.39 is 5.60 Å². The second-order valence-electron chi connectivity index (χ2n) is 9.18. The first-order valence-corrected chi connectivity index (χ1v) is 11.3. The molecule has 9 heteroatoms. The Bertz CT molecular complexity index is 1150. The lowest BCUT2D eigenvalue weighted by atomic mass is 9.99. The van der Waals surface area contributed by atoms with Gasteiger partial charge >= 0.3 is 0 Å². The summed E-state index contributed by atoms with van der Waals surface area (Å²) in [5.74, 6) is 0.108. The van der Waals surface area contributed by atoms with Gasteiger partial charge in [0, 0.05) is 43.8 Å². The van der Waals surface area contributed by atoms with Crippen molar-refractivity contribution in [1.29, 1.82) is 0 Å². The lowest BCUT2D eigenvalue weighted by Gasteiger charge is -2.19. The maximum Gasteiger partial charge on any atom is 0.253 e. The first-order valence-electron chi connectivity index (χ1n) is 11.3. The highest BCUT2D eigenvalue weighted by Crippen LogP contribution is 2.29. The van der Waals surface area contributed by atoms with Gasteiger partial charge in [0.25, 0.3) is 5.91 Å². The molecule has 2 amide bonds. The molecule has 0 aliphatic rings. The molecule has 0 spiro atoms. The second-order valence-corrected chi connectivity index (χ2v) is 9.18. The fourth-order valence-corrected chi connectivity index (χ4v) is 3.90. The minimum Gasteiger partial charge on any atom is -0.390 e. The number of rotatable bonds is 10. The molecule has 3 N–H and O–H groups in total. The smallest absolute Gasteiger partial charge is 0.253 e. The van der Waals surface area contributed by atoms with Crippen LogP contribution in [-0.4, -0.2) is 56.8 Å². The Hall–Kier alpha value is -3.30. The lowest BCUT2D eigenvalue weighted by molar-refractivity contribution is -0.119. The van der Waals surface area contributed by atoms with E-state index in [-0.39, 0.29) is 24.5 Å². The number of carbonyl (C=O) groups excluding carboxylic acids is 2. The fraction of sp³-hybridized carbons (Fsp3) is 0.440. The highest BCUT2D eigenvalue weighted by atomic mass is 16.5. The van der Waals surface area contributed by atoms with E-state index in [2.05, 4.69) is 15.6 Å². The number of amides is 2. The summed E-state index contributed by atoms with van der Waals surface area (Å²) in [6, 6.07) is 7.02. The van der Waals surface area contributed by atoms with Crippen LogP contribution in [0, 0.1) is 0 Å². The molecule has 0 saturated carbocycles. The van der Waals surface area contributed by atoms with Crippen LogP contribution < -0.4 is 10.6 Å². The van der Waals surface area contributed by atoms with Gasteiger partial charge in [-0.1, -0.05) is 0 Å². The number of carbonyl (C=O) groups is 2. The Balaban J connectivity index is 1.95. The van der Waals surface area contributed by atoms with Gasteiger partial charge in [0.05, 0.1) is 22.2 Å². The van der Waals surface area contributed by atoms with Crippen LogP contribution in [0.15, 0.2) is 36.7 Å². The predicted molar refractivity (Wildman–Crippen MR) is 132 cm³/mol. The Morgan fingerprint density at radius 3 is 2.59 bits per heavy atom. The Morgan fingerprint density at radius 2 is 1.94 bits per heavy atom. The number of aliphatic hydroxyl groups is 1. The van der Waals surface area contributed by atoms with Crippen LogP contribution in [-0.2, 0) is 16.6 Å². The molecule has 1 unspecified atom stereocenters. The van der Waals surface area contributed by atoms with Gasteiger partial charge in [-0.2, -0.15) is 0 Å². The van der Waals surface area contributed by atoms with Crippen molar-refractivity contribution in [3.05, 3.63) is 42.2 Å². The summed E-state index contributed by atoms with van der Waals surface area (Å²) in [5, 5.41) is 15.8. The van der Waals surface area contributed by atoms with Crippen molar-refractivity contribution in [2.45, 2.75) is 51.7 Å². The summed E-state index contributed by atoms with van der Waals surface area (Å²) in [6.45, 7) is 5.40. The van der Waals surface area contributed by atoms with Gasteiger partial charge in [0.1, 0.15) is 12.4 Å². The first-order chi connectivity index (χ1) is 16.1. The van der Waals surface area contributed by atoms with Crippen LogP contribution in [0.5, 0.6) is 0 Å². The maximum atomic E-state index is 13.3. The lowest BCUT2D eigenvalue weighted by Crippen LogP contribution is -2.33. The summed E-state index contributed by atoms with van der Waals surface area (Å²) in [4.78, 5) is 34.3. The van der Waals surface area contributed by atoms with Crippen LogP contribution in [0.2, 0.25) is 0 Å². The van der Waals surface area contributed by atoms with Gasteiger partial charge in [-0.3, -0.25) is 14.6 Å². The number of imidazole rings is 1. The van der Waals surface area contributed by atoms with Gasteiger partial charge < -0.3 is 25.0 Å². The van der Waals surface area contributed by atoms with Gasteiger partial charge in [-0.15, -0.1) is 0 Å². The highest BCUT2D eigenvalue weighted by molar-refractivity contribution is 6.08. The number of nitrogens with one attached hydrogen (secondary N) is 2. The number of fused-ring (bicyclic) bond motifs is 1.